The molecule has 0 amide bonds. The Balaban J connectivity index is 0.000000637. The van der Waals surface area contributed by atoms with E-state index in [1.807, 2.05) is 13.8 Å². The molecule has 3 nitrogen and oxygen atoms in total. The van der Waals surface area contributed by atoms with Gasteiger partial charge < -0.3 is 15.1 Å². The first-order valence-corrected chi connectivity index (χ1v) is 8.46. The maximum Gasteiger partial charge on any atom is 0.0231 e. The summed E-state index contributed by atoms with van der Waals surface area (Å²) < 4.78 is 0. The predicted molar refractivity (Wildman–Crippen MR) is 82.6 cm³/mol. The van der Waals surface area contributed by atoms with Crippen molar-refractivity contribution >= 4 is 0 Å². The lowest BCUT2D eigenvalue weighted by Gasteiger charge is -2.46. The minimum Gasteiger partial charge on any atom is -0.317 e. The van der Waals surface area contributed by atoms with E-state index in [1.54, 1.807) is 0 Å². The topological polar surface area (TPSA) is 18.5 Å². The van der Waals surface area contributed by atoms with E-state index >= 15 is 0 Å². The van der Waals surface area contributed by atoms with Crippen molar-refractivity contribution in [2.24, 2.45) is 0 Å². The molecule has 0 saturated carbocycles. The molecule has 0 unspecified atom stereocenters. The summed E-state index contributed by atoms with van der Waals surface area (Å²) >= 11 is 0. The SMILES string of the molecule is CC.CN1CCCC12CCN(C1CCNCC1)CC2. The second-order valence-corrected chi connectivity index (χ2v) is 6.27. The number of nitrogens with zero attached hydrogens (tertiary/aromatic N) is 2. The van der Waals surface area contributed by atoms with Crippen LogP contribution in [0.25, 0.3) is 0 Å². The summed E-state index contributed by atoms with van der Waals surface area (Å²) in [6.45, 7) is 10.5. The van der Waals surface area contributed by atoms with Gasteiger partial charge in [0.1, 0.15) is 0 Å². The normalized spacial score (nSPS) is 29.2. The first-order valence-electron chi connectivity index (χ1n) is 8.46. The second-order valence-electron chi connectivity index (χ2n) is 6.27. The summed E-state index contributed by atoms with van der Waals surface area (Å²) in [5.41, 5.74) is 0.587. The van der Waals surface area contributed by atoms with Crippen LogP contribution in [-0.4, -0.2) is 61.2 Å². The van der Waals surface area contributed by atoms with Crippen LogP contribution in [0.3, 0.4) is 0 Å². The van der Waals surface area contributed by atoms with Crippen molar-refractivity contribution in [1.29, 1.82) is 0 Å². The van der Waals surface area contributed by atoms with Crippen LogP contribution in [0.4, 0.5) is 0 Å². The van der Waals surface area contributed by atoms with Crippen LogP contribution in [0.1, 0.15) is 52.4 Å². The van der Waals surface area contributed by atoms with E-state index in [-0.39, 0.29) is 0 Å². The van der Waals surface area contributed by atoms with Crippen LogP contribution >= 0.6 is 0 Å². The van der Waals surface area contributed by atoms with Gasteiger partial charge in [-0.1, -0.05) is 13.8 Å². The summed E-state index contributed by atoms with van der Waals surface area (Å²) in [5, 5.41) is 3.47. The van der Waals surface area contributed by atoms with E-state index in [0.717, 1.165) is 6.04 Å². The molecule has 0 aromatic heterocycles. The monoisotopic (exact) mass is 267 g/mol. The van der Waals surface area contributed by atoms with Crippen LogP contribution in [0.15, 0.2) is 0 Å². The fourth-order valence-electron chi connectivity index (χ4n) is 4.18. The van der Waals surface area contributed by atoms with Crippen molar-refractivity contribution in [2.75, 3.05) is 39.8 Å². The van der Waals surface area contributed by atoms with Crippen molar-refractivity contribution in [2.45, 2.75) is 64.0 Å². The van der Waals surface area contributed by atoms with E-state index in [9.17, 15) is 0 Å². The molecule has 0 aromatic rings. The Hall–Kier alpha value is -0.120. The summed E-state index contributed by atoms with van der Waals surface area (Å²) in [7, 11) is 2.34. The van der Waals surface area contributed by atoms with Gasteiger partial charge in [0.25, 0.3) is 0 Å². The molecule has 0 radical (unpaired) electrons. The lowest BCUT2D eigenvalue weighted by molar-refractivity contribution is 0.0415. The first-order chi connectivity index (χ1) is 9.30. The van der Waals surface area contributed by atoms with E-state index < -0.39 is 0 Å². The number of rotatable bonds is 1. The molecule has 0 aliphatic carbocycles. The van der Waals surface area contributed by atoms with Crippen LogP contribution in [0, 0.1) is 0 Å². The zero-order chi connectivity index (χ0) is 13.7. The predicted octanol–water partition coefficient (Wildman–Crippen LogP) is 2.32. The molecular formula is C16H33N3. The third kappa shape index (κ3) is 3.32. The van der Waals surface area contributed by atoms with Crippen molar-refractivity contribution in [1.82, 2.24) is 15.1 Å². The average molecular weight is 267 g/mol. The van der Waals surface area contributed by atoms with E-state index in [4.69, 9.17) is 0 Å². The second kappa shape index (κ2) is 7.05. The maximum absolute atomic E-state index is 3.47. The molecular weight excluding hydrogens is 234 g/mol. The van der Waals surface area contributed by atoms with Crippen molar-refractivity contribution < 1.29 is 0 Å². The zero-order valence-corrected chi connectivity index (χ0v) is 13.2. The lowest BCUT2D eigenvalue weighted by Crippen LogP contribution is -2.54. The molecule has 3 heteroatoms. The van der Waals surface area contributed by atoms with Gasteiger partial charge in [0.05, 0.1) is 0 Å². The summed E-state index contributed by atoms with van der Waals surface area (Å²) in [6.07, 6.45) is 8.42. The van der Waals surface area contributed by atoms with E-state index in [0.29, 0.717) is 5.54 Å². The van der Waals surface area contributed by atoms with Gasteiger partial charge in [-0.05, 0) is 65.2 Å². The number of piperidine rings is 2. The fourth-order valence-corrected chi connectivity index (χ4v) is 4.18. The molecule has 3 aliphatic heterocycles. The van der Waals surface area contributed by atoms with Gasteiger partial charge in [0.15, 0.2) is 0 Å². The number of hydrogen-bond donors (Lipinski definition) is 1. The minimum absolute atomic E-state index is 0.587. The molecule has 0 atom stereocenters. The number of likely N-dealkylation sites (tertiary alicyclic amines) is 2. The Bertz CT molecular complexity index is 253. The molecule has 0 bridgehead atoms. The highest BCUT2D eigenvalue weighted by atomic mass is 15.2. The largest absolute Gasteiger partial charge is 0.317 e. The minimum atomic E-state index is 0.587. The standard InChI is InChI=1S/C14H27N3.C2H6/c1-16-10-2-5-14(16)6-11-17(12-7-14)13-3-8-15-9-4-13;1-2/h13,15H,2-12H2,1H3;1-2H3. The number of hydrogen-bond acceptors (Lipinski definition) is 3. The lowest BCUT2D eigenvalue weighted by atomic mass is 9.84. The van der Waals surface area contributed by atoms with Crippen molar-refractivity contribution in [3.63, 3.8) is 0 Å². The molecule has 1 spiro atoms. The zero-order valence-electron chi connectivity index (χ0n) is 13.2. The highest BCUT2D eigenvalue weighted by Gasteiger charge is 2.41. The third-order valence-electron chi connectivity index (χ3n) is 5.50. The summed E-state index contributed by atoms with van der Waals surface area (Å²) in [6, 6.07) is 0.875. The van der Waals surface area contributed by atoms with Crippen LogP contribution < -0.4 is 5.32 Å². The molecule has 3 saturated heterocycles. The molecule has 19 heavy (non-hydrogen) atoms. The molecule has 1 N–H and O–H groups in total. The molecule has 3 rings (SSSR count). The quantitative estimate of drug-likeness (QED) is 0.786. The van der Waals surface area contributed by atoms with E-state index in [1.165, 1.54) is 71.2 Å². The van der Waals surface area contributed by atoms with Crippen LogP contribution in [0.5, 0.6) is 0 Å². The average Bonchev–Trinajstić information content (AvgIpc) is 2.84. The van der Waals surface area contributed by atoms with Gasteiger partial charge in [-0.2, -0.15) is 0 Å². The third-order valence-corrected chi connectivity index (χ3v) is 5.50. The van der Waals surface area contributed by atoms with Gasteiger partial charge >= 0.3 is 0 Å². The van der Waals surface area contributed by atoms with Gasteiger partial charge in [-0.3, -0.25) is 0 Å². The Morgan fingerprint density at radius 1 is 0.947 bits per heavy atom. The Morgan fingerprint density at radius 2 is 1.58 bits per heavy atom. The van der Waals surface area contributed by atoms with Gasteiger partial charge in [0.2, 0.25) is 0 Å². The highest BCUT2D eigenvalue weighted by molar-refractivity contribution is 4.99. The highest BCUT2D eigenvalue weighted by Crippen LogP contribution is 2.37. The molecule has 0 aromatic carbocycles. The Labute approximate surface area is 119 Å². The molecule has 3 aliphatic rings. The van der Waals surface area contributed by atoms with E-state index in [2.05, 4.69) is 22.2 Å². The Kier molecular flexibility index (Phi) is 5.67. The smallest absolute Gasteiger partial charge is 0.0231 e. The summed E-state index contributed by atoms with van der Waals surface area (Å²) in [4.78, 5) is 5.42. The van der Waals surface area contributed by atoms with Gasteiger partial charge in [-0.15, -0.1) is 0 Å². The van der Waals surface area contributed by atoms with Crippen LogP contribution in [-0.2, 0) is 0 Å². The van der Waals surface area contributed by atoms with Crippen molar-refractivity contribution in [3.8, 4) is 0 Å². The van der Waals surface area contributed by atoms with Crippen LogP contribution in [0.2, 0.25) is 0 Å². The van der Waals surface area contributed by atoms with Crippen molar-refractivity contribution in [3.05, 3.63) is 0 Å². The maximum atomic E-state index is 3.47. The Morgan fingerprint density at radius 3 is 2.11 bits per heavy atom. The van der Waals surface area contributed by atoms with Gasteiger partial charge in [0, 0.05) is 24.7 Å². The molecule has 3 heterocycles. The fraction of sp³-hybridized carbons (Fsp3) is 1.00. The summed E-state index contributed by atoms with van der Waals surface area (Å²) in [5.74, 6) is 0. The first kappa shape index (κ1) is 15.3. The molecule has 3 fully saturated rings. The molecule has 112 valence electrons. The number of nitrogens with one attached hydrogen (secondary N) is 1. The van der Waals surface area contributed by atoms with Gasteiger partial charge in [-0.25, -0.2) is 0 Å².